The Hall–Kier alpha value is -1.85. The molecule has 0 radical (unpaired) electrons. The van der Waals surface area contributed by atoms with Crippen LogP contribution >= 0.6 is 0 Å². The summed E-state index contributed by atoms with van der Waals surface area (Å²) in [4.78, 5) is 1.23. The number of ether oxygens (including phenoxy) is 1. The Kier molecular flexibility index (Phi) is 4.54. The summed E-state index contributed by atoms with van der Waals surface area (Å²) in [5.74, 6) is 0.290. The van der Waals surface area contributed by atoms with Gasteiger partial charge < -0.3 is 14.9 Å². The second-order valence-corrected chi connectivity index (χ2v) is 5.35. The number of hydrogen-bond donors (Lipinski definition) is 2. The maximum atomic E-state index is 12.0. The number of benzene rings is 2. The first-order chi connectivity index (χ1) is 9.16. The average molecular weight is 278 g/mol. The molecule has 1 fully saturated rings. The summed E-state index contributed by atoms with van der Waals surface area (Å²) in [7, 11) is -1.29. The van der Waals surface area contributed by atoms with E-state index in [2.05, 4.69) is 4.74 Å². The highest BCUT2D eigenvalue weighted by molar-refractivity contribution is 7.85. The standard InChI is InChI=1S/C12H10O3S.C2H4O/c13-9-1-5-11(6-2-9)16(15)12-7-3-10(14)4-8-12;1-2-3-1/h1-8,13-14H;1-2H2. The number of rotatable bonds is 2. The normalized spacial score (nSPS) is 12.7. The van der Waals surface area contributed by atoms with Crippen molar-refractivity contribution in [3.05, 3.63) is 48.5 Å². The van der Waals surface area contributed by atoms with Gasteiger partial charge in [0.1, 0.15) is 11.5 Å². The molecule has 1 aliphatic heterocycles. The molecule has 0 spiro atoms. The van der Waals surface area contributed by atoms with E-state index in [1.807, 2.05) is 0 Å². The molecule has 3 rings (SSSR count). The lowest BCUT2D eigenvalue weighted by atomic mass is 10.3. The van der Waals surface area contributed by atoms with Crippen molar-refractivity contribution in [2.45, 2.75) is 9.79 Å². The highest BCUT2D eigenvalue weighted by atomic mass is 32.2. The molecule has 1 aliphatic rings. The second-order valence-electron chi connectivity index (χ2n) is 3.87. The van der Waals surface area contributed by atoms with Gasteiger partial charge in [0, 0.05) is 9.79 Å². The van der Waals surface area contributed by atoms with E-state index in [1.165, 1.54) is 24.3 Å². The predicted octanol–water partition coefficient (Wildman–Crippen LogP) is 2.28. The Morgan fingerprint density at radius 1 is 0.789 bits per heavy atom. The number of phenols is 2. The van der Waals surface area contributed by atoms with Gasteiger partial charge in [-0.25, -0.2) is 4.21 Å². The van der Waals surface area contributed by atoms with Crippen molar-refractivity contribution in [1.29, 1.82) is 0 Å². The van der Waals surface area contributed by atoms with Crippen LogP contribution in [0.2, 0.25) is 0 Å². The summed E-state index contributed by atoms with van der Waals surface area (Å²) in [6.07, 6.45) is 0. The molecule has 2 aromatic carbocycles. The van der Waals surface area contributed by atoms with Crippen molar-refractivity contribution in [3.63, 3.8) is 0 Å². The molecule has 1 saturated heterocycles. The molecule has 0 aromatic heterocycles. The van der Waals surface area contributed by atoms with Gasteiger partial charge in [0.2, 0.25) is 0 Å². The highest BCUT2D eigenvalue weighted by Crippen LogP contribution is 2.20. The number of aromatic hydroxyl groups is 2. The number of phenolic OH excluding ortho intramolecular Hbond substituents is 2. The van der Waals surface area contributed by atoms with E-state index in [9.17, 15) is 4.21 Å². The van der Waals surface area contributed by atoms with Gasteiger partial charge in [0.25, 0.3) is 0 Å². The maximum absolute atomic E-state index is 12.0. The number of epoxide rings is 1. The highest BCUT2D eigenvalue weighted by Gasteiger charge is 2.06. The van der Waals surface area contributed by atoms with E-state index < -0.39 is 10.8 Å². The van der Waals surface area contributed by atoms with E-state index in [-0.39, 0.29) is 11.5 Å². The van der Waals surface area contributed by atoms with Gasteiger partial charge in [-0.3, -0.25) is 0 Å². The largest absolute Gasteiger partial charge is 0.508 e. The molecule has 0 aliphatic carbocycles. The predicted molar refractivity (Wildman–Crippen MR) is 71.7 cm³/mol. The molecular formula is C14H14O4S. The fourth-order valence-corrected chi connectivity index (χ4v) is 2.31. The minimum absolute atomic E-state index is 0.145. The third-order valence-electron chi connectivity index (χ3n) is 2.31. The van der Waals surface area contributed by atoms with Crippen molar-refractivity contribution in [3.8, 4) is 11.5 Å². The lowest BCUT2D eigenvalue weighted by Gasteiger charge is -2.02. The first kappa shape index (κ1) is 13.6. The summed E-state index contributed by atoms with van der Waals surface area (Å²) >= 11 is 0. The van der Waals surface area contributed by atoms with Gasteiger partial charge in [-0.1, -0.05) is 0 Å². The molecule has 5 heteroatoms. The Morgan fingerprint density at radius 3 is 1.37 bits per heavy atom. The van der Waals surface area contributed by atoms with E-state index >= 15 is 0 Å². The van der Waals surface area contributed by atoms with Crippen molar-refractivity contribution >= 4 is 10.8 Å². The smallest absolute Gasteiger partial charge is 0.115 e. The van der Waals surface area contributed by atoms with Gasteiger partial charge in [-0.05, 0) is 48.5 Å². The topological polar surface area (TPSA) is 70.1 Å². The fourth-order valence-electron chi connectivity index (χ4n) is 1.28. The van der Waals surface area contributed by atoms with Crippen molar-refractivity contribution < 1.29 is 19.2 Å². The summed E-state index contributed by atoms with van der Waals surface area (Å²) in [6, 6.07) is 12.4. The van der Waals surface area contributed by atoms with E-state index in [4.69, 9.17) is 10.2 Å². The molecule has 0 amide bonds. The third-order valence-corrected chi connectivity index (χ3v) is 3.71. The minimum Gasteiger partial charge on any atom is -0.508 e. The van der Waals surface area contributed by atoms with Crippen LogP contribution in [-0.2, 0) is 15.5 Å². The lowest BCUT2D eigenvalue weighted by Crippen LogP contribution is -1.91. The van der Waals surface area contributed by atoms with Crippen LogP contribution in [0.25, 0.3) is 0 Å². The maximum Gasteiger partial charge on any atom is 0.115 e. The van der Waals surface area contributed by atoms with Gasteiger partial charge >= 0.3 is 0 Å². The zero-order valence-electron chi connectivity index (χ0n) is 10.2. The zero-order chi connectivity index (χ0) is 13.7. The van der Waals surface area contributed by atoms with Crippen molar-refractivity contribution in [2.24, 2.45) is 0 Å². The zero-order valence-corrected chi connectivity index (χ0v) is 11.0. The first-order valence-corrected chi connectivity index (χ1v) is 6.89. The van der Waals surface area contributed by atoms with Crippen LogP contribution in [-0.4, -0.2) is 27.6 Å². The van der Waals surface area contributed by atoms with Crippen LogP contribution in [0.4, 0.5) is 0 Å². The fraction of sp³-hybridized carbons (Fsp3) is 0.143. The van der Waals surface area contributed by atoms with Crippen LogP contribution < -0.4 is 0 Å². The second kappa shape index (κ2) is 6.36. The van der Waals surface area contributed by atoms with Crippen LogP contribution in [0, 0.1) is 0 Å². The molecule has 0 unspecified atom stereocenters. The van der Waals surface area contributed by atoms with E-state index in [0.717, 1.165) is 13.2 Å². The first-order valence-electron chi connectivity index (χ1n) is 5.74. The van der Waals surface area contributed by atoms with E-state index in [1.54, 1.807) is 24.3 Å². The minimum atomic E-state index is -1.29. The Morgan fingerprint density at radius 2 is 1.11 bits per heavy atom. The molecule has 2 aromatic rings. The molecule has 1 heterocycles. The summed E-state index contributed by atoms with van der Waals surface area (Å²) in [5, 5.41) is 18.2. The SMILES string of the molecule is C1CO1.O=S(c1ccc(O)cc1)c1ccc(O)cc1. The average Bonchev–Trinajstić information content (AvgIpc) is 3.28. The molecule has 19 heavy (non-hydrogen) atoms. The monoisotopic (exact) mass is 278 g/mol. The van der Waals surface area contributed by atoms with Crippen LogP contribution in [0.15, 0.2) is 58.3 Å². The van der Waals surface area contributed by atoms with Gasteiger partial charge in [0.15, 0.2) is 0 Å². The Bertz CT molecular complexity index is 496. The molecule has 2 N–H and O–H groups in total. The van der Waals surface area contributed by atoms with Gasteiger partial charge in [-0.2, -0.15) is 0 Å². The molecular weight excluding hydrogens is 264 g/mol. The van der Waals surface area contributed by atoms with Crippen molar-refractivity contribution in [2.75, 3.05) is 13.2 Å². The Labute approximate surface area is 113 Å². The van der Waals surface area contributed by atoms with Crippen molar-refractivity contribution in [1.82, 2.24) is 0 Å². The molecule has 0 atom stereocenters. The lowest BCUT2D eigenvalue weighted by molar-refractivity contribution is 0.474. The molecule has 0 bridgehead atoms. The third kappa shape index (κ3) is 4.39. The van der Waals surface area contributed by atoms with E-state index in [0.29, 0.717) is 9.79 Å². The van der Waals surface area contributed by atoms with Crippen LogP contribution in [0.3, 0.4) is 0 Å². The summed E-state index contributed by atoms with van der Waals surface area (Å²) in [5.41, 5.74) is 0. The quantitative estimate of drug-likeness (QED) is 0.827. The number of hydrogen-bond acceptors (Lipinski definition) is 4. The molecule has 0 saturated carbocycles. The van der Waals surface area contributed by atoms with Crippen LogP contribution in [0.5, 0.6) is 11.5 Å². The summed E-state index contributed by atoms with van der Waals surface area (Å²) < 4.78 is 16.5. The van der Waals surface area contributed by atoms with Gasteiger partial charge in [0.05, 0.1) is 24.0 Å². The molecule has 100 valence electrons. The summed E-state index contributed by atoms with van der Waals surface area (Å²) in [6.45, 7) is 2.00. The van der Waals surface area contributed by atoms with Crippen LogP contribution in [0.1, 0.15) is 0 Å². The van der Waals surface area contributed by atoms with Gasteiger partial charge in [-0.15, -0.1) is 0 Å². The molecule has 4 nitrogen and oxygen atoms in total. The Balaban J connectivity index is 0.000000390.